The zero-order chi connectivity index (χ0) is 18.2. The molecule has 0 aromatic heterocycles. The van der Waals surface area contributed by atoms with Crippen molar-refractivity contribution in [2.75, 3.05) is 25.1 Å². The van der Waals surface area contributed by atoms with Crippen molar-refractivity contribution in [3.05, 3.63) is 59.2 Å². The van der Waals surface area contributed by atoms with Crippen LogP contribution in [0, 0.1) is 11.6 Å². The number of benzene rings is 2. The van der Waals surface area contributed by atoms with Gasteiger partial charge in [0.15, 0.2) is 0 Å². The number of aromatic hydroxyl groups is 1. The van der Waals surface area contributed by atoms with Gasteiger partial charge < -0.3 is 19.9 Å². The van der Waals surface area contributed by atoms with Crippen LogP contribution in [0.1, 0.15) is 22.8 Å². The van der Waals surface area contributed by atoms with Gasteiger partial charge in [-0.25, -0.2) is 8.78 Å². The SMILES string of the molecule is CCOCCOCc1cccc(NC(=O)c2c(O)cc(F)cc2F)c1. The zero-order valence-electron chi connectivity index (χ0n) is 13.7. The molecular formula is C18H19F2NO4. The predicted molar refractivity (Wildman–Crippen MR) is 88.6 cm³/mol. The lowest BCUT2D eigenvalue weighted by molar-refractivity contribution is 0.0453. The highest BCUT2D eigenvalue weighted by molar-refractivity contribution is 6.06. The molecule has 2 rings (SSSR count). The van der Waals surface area contributed by atoms with Crippen molar-refractivity contribution < 1.29 is 28.2 Å². The first-order chi connectivity index (χ1) is 12.0. The van der Waals surface area contributed by atoms with Crippen LogP contribution < -0.4 is 5.32 Å². The Morgan fingerprint density at radius 1 is 1.16 bits per heavy atom. The van der Waals surface area contributed by atoms with Crippen LogP contribution in [0.15, 0.2) is 36.4 Å². The number of phenols is 1. The number of phenolic OH excluding ortho intramolecular Hbond substituents is 1. The molecule has 1 amide bonds. The van der Waals surface area contributed by atoms with Crippen LogP contribution in [0.4, 0.5) is 14.5 Å². The maximum Gasteiger partial charge on any atom is 0.262 e. The van der Waals surface area contributed by atoms with Crippen LogP contribution in [0.5, 0.6) is 5.75 Å². The van der Waals surface area contributed by atoms with Gasteiger partial charge >= 0.3 is 0 Å². The molecule has 134 valence electrons. The summed E-state index contributed by atoms with van der Waals surface area (Å²) in [6.45, 7) is 3.79. The molecule has 2 aromatic carbocycles. The van der Waals surface area contributed by atoms with Crippen LogP contribution in [0.2, 0.25) is 0 Å². The summed E-state index contributed by atoms with van der Waals surface area (Å²) in [7, 11) is 0. The number of carbonyl (C=O) groups excluding carboxylic acids is 1. The summed E-state index contributed by atoms with van der Waals surface area (Å²) in [4.78, 5) is 12.1. The predicted octanol–water partition coefficient (Wildman–Crippen LogP) is 3.48. The second-order valence-electron chi connectivity index (χ2n) is 5.19. The number of hydrogen-bond acceptors (Lipinski definition) is 4. The molecule has 0 spiro atoms. The minimum Gasteiger partial charge on any atom is -0.507 e. The summed E-state index contributed by atoms with van der Waals surface area (Å²) in [6, 6.07) is 8.01. The highest BCUT2D eigenvalue weighted by atomic mass is 19.1. The van der Waals surface area contributed by atoms with E-state index in [9.17, 15) is 18.7 Å². The largest absolute Gasteiger partial charge is 0.507 e. The fraction of sp³-hybridized carbons (Fsp3) is 0.278. The van der Waals surface area contributed by atoms with Crippen molar-refractivity contribution >= 4 is 11.6 Å². The van der Waals surface area contributed by atoms with Crippen LogP contribution in [0.25, 0.3) is 0 Å². The Balaban J connectivity index is 2.01. The molecule has 0 radical (unpaired) electrons. The monoisotopic (exact) mass is 351 g/mol. The van der Waals surface area contributed by atoms with Crippen molar-refractivity contribution in [2.45, 2.75) is 13.5 Å². The third-order valence-electron chi connectivity index (χ3n) is 3.29. The molecule has 0 saturated heterocycles. The maximum absolute atomic E-state index is 13.7. The van der Waals surface area contributed by atoms with E-state index in [4.69, 9.17) is 9.47 Å². The van der Waals surface area contributed by atoms with Gasteiger partial charge in [0.05, 0.1) is 19.8 Å². The van der Waals surface area contributed by atoms with Gasteiger partial charge in [0.25, 0.3) is 5.91 Å². The third-order valence-corrected chi connectivity index (χ3v) is 3.29. The van der Waals surface area contributed by atoms with Gasteiger partial charge in [-0.1, -0.05) is 12.1 Å². The van der Waals surface area contributed by atoms with Crippen molar-refractivity contribution in [1.29, 1.82) is 0 Å². The molecular weight excluding hydrogens is 332 g/mol. The molecule has 0 heterocycles. The van der Waals surface area contributed by atoms with Crippen molar-refractivity contribution in [2.24, 2.45) is 0 Å². The molecule has 7 heteroatoms. The smallest absolute Gasteiger partial charge is 0.262 e. The zero-order valence-corrected chi connectivity index (χ0v) is 13.7. The molecule has 0 aliphatic rings. The summed E-state index contributed by atoms with van der Waals surface area (Å²) in [5.41, 5.74) is 0.594. The summed E-state index contributed by atoms with van der Waals surface area (Å²) < 4.78 is 37.3. The Hall–Kier alpha value is -2.51. The number of anilines is 1. The Labute approximate surface area is 144 Å². The number of carbonyl (C=O) groups is 1. The van der Waals surface area contributed by atoms with Gasteiger partial charge in [-0.15, -0.1) is 0 Å². The minimum atomic E-state index is -1.13. The fourth-order valence-electron chi connectivity index (χ4n) is 2.17. The quantitative estimate of drug-likeness (QED) is 0.715. The third kappa shape index (κ3) is 5.51. The highest BCUT2D eigenvalue weighted by Crippen LogP contribution is 2.23. The normalized spacial score (nSPS) is 10.7. The van der Waals surface area contributed by atoms with Gasteiger partial charge in [-0.05, 0) is 24.6 Å². The van der Waals surface area contributed by atoms with Gasteiger partial charge in [0.1, 0.15) is 22.9 Å². The average Bonchev–Trinajstić information content (AvgIpc) is 2.54. The van der Waals surface area contributed by atoms with Gasteiger partial charge in [-0.3, -0.25) is 4.79 Å². The van der Waals surface area contributed by atoms with Crippen LogP contribution in [-0.2, 0) is 16.1 Å². The maximum atomic E-state index is 13.7. The number of nitrogens with one attached hydrogen (secondary N) is 1. The highest BCUT2D eigenvalue weighted by Gasteiger charge is 2.18. The van der Waals surface area contributed by atoms with Crippen molar-refractivity contribution in [1.82, 2.24) is 0 Å². The Morgan fingerprint density at radius 3 is 2.64 bits per heavy atom. The van der Waals surface area contributed by atoms with E-state index in [2.05, 4.69) is 5.32 Å². The molecule has 0 aliphatic carbocycles. The molecule has 0 saturated carbocycles. The van der Waals surface area contributed by atoms with E-state index < -0.39 is 28.9 Å². The topological polar surface area (TPSA) is 67.8 Å². The first kappa shape index (κ1) is 18.8. The number of hydrogen-bond donors (Lipinski definition) is 2. The molecule has 0 bridgehead atoms. The first-order valence-electron chi connectivity index (χ1n) is 7.75. The molecule has 2 aromatic rings. The summed E-state index contributed by atoms with van der Waals surface area (Å²) in [5.74, 6) is -3.72. The number of halogens is 2. The lowest BCUT2D eigenvalue weighted by atomic mass is 10.1. The summed E-state index contributed by atoms with van der Waals surface area (Å²) in [5, 5.41) is 12.1. The van der Waals surface area contributed by atoms with Crippen LogP contribution >= 0.6 is 0 Å². The second kappa shape index (κ2) is 9.10. The Kier molecular flexibility index (Phi) is 6.85. The van der Waals surface area contributed by atoms with E-state index in [-0.39, 0.29) is 0 Å². The van der Waals surface area contributed by atoms with E-state index in [1.807, 2.05) is 13.0 Å². The van der Waals surface area contributed by atoms with Gasteiger partial charge in [0, 0.05) is 24.4 Å². The Bertz CT molecular complexity index is 714. The van der Waals surface area contributed by atoms with Gasteiger partial charge in [-0.2, -0.15) is 0 Å². The summed E-state index contributed by atoms with van der Waals surface area (Å²) in [6.07, 6.45) is 0. The van der Waals surface area contributed by atoms with Gasteiger partial charge in [0.2, 0.25) is 0 Å². The summed E-state index contributed by atoms with van der Waals surface area (Å²) >= 11 is 0. The Morgan fingerprint density at radius 2 is 1.92 bits per heavy atom. The van der Waals surface area contributed by atoms with E-state index in [1.54, 1.807) is 18.2 Å². The number of amides is 1. The standard InChI is InChI=1S/C18H19F2NO4/c1-2-24-6-7-25-11-12-4-3-5-14(8-12)21-18(23)17-15(20)9-13(19)10-16(17)22/h3-5,8-10,22H,2,6-7,11H2,1H3,(H,21,23). The minimum absolute atomic E-state index is 0.326. The number of rotatable bonds is 8. The van der Waals surface area contributed by atoms with Crippen molar-refractivity contribution in [3.8, 4) is 5.75 Å². The average molecular weight is 351 g/mol. The van der Waals surface area contributed by atoms with Crippen molar-refractivity contribution in [3.63, 3.8) is 0 Å². The van der Waals surface area contributed by atoms with E-state index in [0.717, 1.165) is 5.56 Å². The van der Waals surface area contributed by atoms with Crippen LogP contribution in [0.3, 0.4) is 0 Å². The second-order valence-corrected chi connectivity index (χ2v) is 5.19. The first-order valence-corrected chi connectivity index (χ1v) is 7.75. The number of ether oxygens (including phenoxy) is 2. The molecule has 0 unspecified atom stereocenters. The van der Waals surface area contributed by atoms with E-state index >= 15 is 0 Å². The lowest BCUT2D eigenvalue weighted by Gasteiger charge is -2.10. The van der Waals surface area contributed by atoms with Crippen LogP contribution in [-0.4, -0.2) is 30.8 Å². The molecule has 25 heavy (non-hydrogen) atoms. The molecule has 2 N–H and O–H groups in total. The molecule has 5 nitrogen and oxygen atoms in total. The molecule has 0 aliphatic heterocycles. The van der Waals surface area contributed by atoms with E-state index in [1.165, 1.54) is 0 Å². The fourth-order valence-corrected chi connectivity index (χ4v) is 2.17. The lowest BCUT2D eigenvalue weighted by Crippen LogP contribution is -2.14. The molecule has 0 atom stereocenters. The molecule has 0 fully saturated rings. The van der Waals surface area contributed by atoms with E-state index in [0.29, 0.717) is 44.2 Å².